The number of hydrazine groups is 1. The van der Waals surface area contributed by atoms with Crippen molar-refractivity contribution in [2.24, 2.45) is 5.73 Å². The molecule has 208 valence electrons. The highest BCUT2D eigenvalue weighted by atomic mass is 79.9. The van der Waals surface area contributed by atoms with Crippen LogP contribution in [0.2, 0.25) is 0 Å². The highest BCUT2D eigenvalue weighted by Crippen LogP contribution is 2.32. The minimum atomic E-state index is -0.0267. The van der Waals surface area contributed by atoms with E-state index in [0.717, 1.165) is 54.8 Å². The normalized spacial score (nSPS) is 22.1. The van der Waals surface area contributed by atoms with Crippen molar-refractivity contribution in [1.82, 2.24) is 15.3 Å². The molecule has 2 aliphatic rings. The van der Waals surface area contributed by atoms with E-state index in [2.05, 4.69) is 95.4 Å². The van der Waals surface area contributed by atoms with Gasteiger partial charge >= 0.3 is 0 Å². The van der Waals surface area contributed by atoms with Gasteiger partial charge in [-0.05, 0) is 77.4 Å². The number of methoxy groups -OCH3 is 2. The topological polar surface area (TPSA) is 63.0 Å². The Balaban J connectivity index is 0.00000235. The van der Waals surface area contributed by atoms with E-state index in [9.17, 15) is 0 Å². The lowest BCUT2D eigenvalue weighted by Crippen LogP contribution is -2.41. The van der Waals surface area contributed by atoms with Crippen molar-refractivity contribution in [2.75, 3.05) is 33.9 Å². The zero-order valence-electron chi connectivity index (χ0n) is 24.2. The fourth-order valence-electron chi connectivity index (χ4n) is 4.85. The van der Waals surface area contributed by atoms with Gasteiger partial charge in [-0.3, -0.25) is 4.90 Å². The number of nitrogens with one attached hydrogen (secondary N) is 1. The smallest absolute Gasteiger partial charge is 0.0777 e. The monoisotopic (exact) mass is 576 g/mol. The molecular formula is C30H49BrN4O2. The van der Waals surface area contributed by atoms with E-state index >= 15 is 0 Å². The zero-order chi connectivity index (χ0) is 27.5. The Bertz CT molecular complexity index is 926. The first-order valence-corrected chi connectivity index (χ1v) is 14.5. The molecule has 1 aliphatic heterocycles. The fraction of sp³-hybridized carbons (Fsp3) is 0.600. The van der Waals surface area contributed by atoms with Crippen LogP contribution in [0.3, 0.4) is 0 Å². The first-order valence-electron chi connectivity index (χ1n) is 13.7. The molecule has 0 bridgehead atoms. The molecule has 0 radical (unpaired) electrons. The van der Waals surface area contributed by atoms with Crippen LogP contribution in [0, 0.1) is 0 Å². The molecule has 3 N–H and O–H groups in total. The predicted octanol–water partition coefficient (Wildman–Crippen LogP) is 6.07. The summed E-state index contributed by atoms with van der Waals surface area (Å²) in [6.07, 6.45) is 6.17. The molecule has 1 aromatic rings. The Morgan fingerprint density at radius 1 is 1.16 bits per heavy atom. The van der Waals surface area contributed by atoms with Gasteiger partial charge in [0, 0.05) is 55.8 Å². The molecule has 7 heteroatoms. The summed E-state index contributed by atoms with van der Waals surface area (Å²) in [5.74, 6) is 0.525. The lowest BCUT2D eigenvalue weighted by molar-refractivity contribution is 0.0909. The number of hydrogen-bond acceptors (Lipinski definition) is 6. The van der Waals surface area contributed by atoms with E-state index in [1.807, 2.05) is 13.8 Å². The van der Waals surface area contributed by atoms with E-state index in [0.29, 0.717) is 12.0 Å². The molecule has 0 spiro atoms. The highest BCUT2D eigenvalue weighted by Gasteiger charge is 2.31. The minimum Gasteiger partial charge on any atom is -0.400 e. The van der Waals surface area contributed by atoms with Crippen molar-refractivity contribution in [3.63, 3.8) is 0 Å². The first kappa shape index (κ1) is 31.6. The number of nitrogens with two attached hydrogens (primary N) is 1. The van der Waals surface area contributed by atoms with Crippen LogP contribution in [0.4, 0.5) is 0 Å². The van der Waals surface area contributed by atoms with E-state index < -0.39 is 0 Å². The number of rotatable bonds is 11. The molecular weight excluding hydrogens is 528 g/mol. The molecule has 1 heterocycles. The Morgan fingerprint density at radius 3 is 2.38 bits per heavy atom. The second-order valence-electron chi connectivity index (χ2n) is 10.0. The van der Waals surface area contributed by atoms with Crippen LogP contribution in [0.5, 0.6) is 0 Å². The number of nitrogens with zero attached hydrogens (tertiary/aromatic N) is 2. The molecule has 3 rings (SSSR count). The van der Waals surface area contributed by atoms with Gasteiger partial charge in [0.15, 0.2) is 0 Å². The summed E-state index contributed by atoms with van der Waals surface area (Å²) < 4.78 is 12.3. The van der Waals surface area contributed by atoms with Crippen LogP contribution in [0.15, 0.2) is 57.9 Å². The van der Waals surface area contributed by atoms with Crippen LogP contribution in [-0.4, -0.2) is 62.0 Å². The number of benzene rings is 1. The molecule has 1 aliphatic carbocycles. The van der Waals surface area contributed by atoms with Crippen molar-refractivity contribution in [1.29, 1.82) is 0 Å². The standard InChI is InChI=1S/C28H43BrN4O2.C2H6/c1-19(2)23-10-8-22(9-11-23)17-32(12-7-13-34-5)26-16-25(35-6)15-24(27(29)28(26)30)18-33-21(4)14-20(3)31-33;1-2/h8-11,14-15,19-20,25-26,31H,7,12-13,16-18,30H2,1-6H3;1-2H3. The van der Waals surface area contributed by atoms with Crippen molar-refractivity contribution < 1.29 is 9.47 Å². The Hall–Kier alpha value is -1.64. The maximum atomic E-state index is 6.90. The zero-order valence-corrected chi connectivity index (χ0v) is 25.8. The third-order valence-electron chi connectivity index (χ3n) is 6.91. The van der Waals surface area contributed by atoms with Crippen LogP contribution in [-0.2, 0) is 16.0 Å². The Morgan fingerprint density at radius 2 is 1.84 bits per heavy atom. The summed E-state index contributed by atoms with van der Waals surface area (Å²) in [6.45, 7) is 15.9. The molecule has 0 saturated heterocycles. The van der Waals surface area contributed by atoms with Gasteiger partial charge in [0.05, 0.1) is 18.7 Å². The Kier molecular flexibility index (Phi) is 13.4. The molecule has 3 atom stereocenters. The van der Waals surface area contributed by atoms with Crippen molar-refractivity contribution in [3.8, 4) is 0 Å². The number of halogens is 1. The second kappa shape index (κ2) is 15.7. The third kappa shape index (κ3) is 8.96. The fourth-order valence-corrected chi connectivity index (χ4v) is 5.38. The van der Waals surface area contributed by atoms with E-state index in [1.165, 1.54) is 16.8 Å². The summed E-state index contributed by atoms with van der Waals surface area (Å²) in [5, 5.41) is 2.19. The van der Waals surface area contributed by atoms with Crippen molar-refractivity contribution in [3.05, 3.63) is 69.0 Å². The SMILES string of the molecule is CC.COCCCN(Cc1ccc(C(C)C)cc1)C1CC(OC)C=C(CN2NC(C)C=C2C)C(Br)=C1N. The number of hydrogen-bond donors (Lipinski definition) is 2. The van der Waals surface area contributed by atoms with Crippen LogP contribution in [0.25, 0.3) is 0 Å². The molecule has 0 aromatic heterocycles. The Labute approximate surface area is 234 Å². The molecule has 6 nitrogen and oxygen atoms in total. The number of ether oxygens (including phenoxy) is 2. The average Bonchev–Trinajstić information content (AvgIpc) is 3.15. The third-order valence-corrected chi connectivity index (χ3v) is 7.88. The van der Waals surface area contributed by atoms with Crippen molar-refractivity contribution >= 4 is 15.9 Å². The van der Waals surface area contributed by atoms with Gasteiger partial charge < -0.3 is 20.2 Å². The van der Waals surface area contributed by atoms with Gasteiger partial charge in [0.2, 0.25) is 0 Å². The van der Waals surface area contributed by atoms with Gasteiger partial charge in [-0.1, -0.05) is 52.0 Å². The predicted molar refractivity (Wildman–Crippen MR) is 159 cm³/mol. The summed E-state index contributed by atoms with van der Waals surface area (Å²) in [7, 11) is 3.54. The van der Waals surface area contributed by atoms with Gasteiger partial charge in [-0.2, -0.15) is 0 Å². The van der Waals surface area contributed by atoms with Gasteiger partial charge in [0.25, 0.3) is 0 Å². The summed E-state index contributed by atoms with van der Waals surface area (Å²) in [6, 6.07) is 9.35. The molecule has 0 fully saturated rings. The quantitative estimate of drug-likeness (QED) is 0.312. The minimum absolute atomic E-state index is 0.0267. The second-order valence-corrected chi connectivity index (χ2v) is 10.8. The van der Waals surface area contributed by atoms with Crippen LogP contribution >= 0.6 is 15.9 Å². The molecule has 3 unspecified atom stereocenters. The van der Waals surface area contributed by atoms with Gasteiger partial charge in [-0.25, -0.2) is 5.43 Å². The summed E-state index contributed by atoms with van der Waals surface area (Å²) in [4.78, 5) is 2.48. The van der Waals surface area contributed by atoms with E-state index in [4.69, 9.17) is 15.2 Å². The molecule has 1 aromatic carbocycles. The lowest BCUT2D eigenvalue weighted by Gasteiger charge is -2.33. The largest absolute Gasteiger partial charge is 0.400 e. The molecule has 0 amide bonds. The van der Waals surface area contributed by atoms with Gasteiger partial charge in [-0.15, -0.1) is 0 Å². The molecule has 37 heavy (non-hydrogen) atoms. The maximum Gasteiger partial charge on any atom is 0.0777 e. The average molecular weight is 578 g/mol. The van der Waals surface area contributed by atoms with Crippen molar-refractivity contribution in [2.45, 2.75) is 85.0 Å². The number of allylic oxidation sites excluding steroid dienone is 1. The summed E-state index contributed by atoms with van der Waals surface area (Å²) in [5.41, 5.74) is 16.3. The highest BCUT2D eigenvalue weighted by molar-refractivity contribution is 9.12. The van der Waals surface area contributed by atoms with Gasteiger partial charge in [0.1, 0.15) is 0 Å². The van der Waals surface area contributed by atoms with E-state index in [1.54, 1.807) is 14.2 Å². The molecule has 0 saturated carbocycles. The van der Waals surface area contributed by atoms with E-state index in [-0.39, 0.29) is 12.1 Å². The lowest BCUT2D eigenvalue weighted by atomic mass is 10.0. The van der Waals surface area contributed by atoms with Crippen LogP contribution in [0.1, 0.15) is 71.4 Å². The first-order chi connectivity index (χ1) is 17.7. The maximum absolute atomic E-state index is 6.90. The summed E-state index contributed by atoms with van der Waals surface area (Å²) >= 11 is 3.88. The van der Waals surface area contributed by atoms with Crippen LogP contribution < -0.4 is 11.2 Å².